The molecule has 0 saturated heterocycles. The fourth-order valence-electron chi connectivity index (χ4n) is 4.72. The highest BCUT2D eigenvalue weighted by molar-refractivity contribution is 6.09. The first kappa shape index (κ1) is 27.8. The molecule has 5 rings (SSSR count). The Morgan fingerprint density at radius 3 is 2.29 bits per heavy atom. The third-order valence-electron chi connectivity index (χ3n) is 6.62. The maximum Gasteiger partial charge on any atom is 0.408 e. The van der Waals surface area contributed by atoms with Crippen LogP contribution >= 0.6 is 0 Å². The Hall–Kier alpha value is -4.78. The van der Waals surface area contributed by atoms with Gasteiger partial charge in [-0.25, -0.2) is 9.59 Å². The zero-order valence-electron chi connectivity index (χ0n) is 23.6. The van der Waals surface area contributed by atoms with Crippen LogP contribution in [0, 0.1) is 0 Å². The van der Waals surface area contributed by atoms with Gasteiger partial charge in [-0.1, -0.05) is 66.7 Å². The summed E-state index contributed by atoms with van der Waals surface area (Å²) in [6, 6.07) is 29.5. The van der Waals surface area contributed by atoms with E-state index in [-0.39, 0.29) is 13.0 Å². The highest BCUT2D eigenvalue weighted by Crippen LogP contribution is 2.37. The summed E-state index contributed by atoms with van der Waals surface area (Å²) in [6.07, 6.45) is -0.459. The molecule has 41 heavy (non-hydrogen) atoms. The van der Waals surface area contributed by atoms with Gasteiger partial charge in [0.25, 0.3) is 0 Å². The maximum atomic E-state index is 12.2. The Morgan fingerprint density at radius 1 is 0.829 bits per heavy atom. The van der Waals surface area contributed by atoms with Crippen molar-refractivity contribution in [2.45, 2.75) is 38.8 Å². The van der Waals surface area contributed by atoms with Crippen LogP contribution in [0.5, 0.6) is 5.75 Å². The molecule has 1 atom stereocenters. The van der Waals surface area contributed by atoms with Gasteiger partial charge in [0.15, 0.2) is 0 Å². The van der Waals surface area contributed by atoms with Crippen LogP contribution in [-0.4, -0.2) is 37.4 Å². The van der Waals surface area contributed by atoms with E-state index in [9.17, 15) is 9.59 Å². The van der Waals surface area contributed by atoms with Crippen molar-refractivity contribution in [2.24, 2.45) is 0 Å². The standard InChI is InChI=1S/C34H33NO6/c1-34(2,3)41-33(37)35-29(32(36)38-4)19-20-39-25-17-15-22(16-18-25)23-9-7-10-24(21-23)26-12-8-13-28-27-11-5-6-14-30(27)40-31(26)28/h5-18,21,29H,19-20H2,1-4H3,(H,35,37). The molecular formula is C34H33NO6. The molecule has 1 aromatic heterocycles. The Kier molecular flexibility index (Phi) is 7.97. The number of methoxy groups -OCH3 is 1. The normalized spacial score (nSPS) is 12.2. The Bertz CT molecular complexity index is 1680. The van der Waals surface area contributed by atoms with Gasteiger partial charge in [0.1, 0.15) is 28.6 Å². The van der Waals surface area contributed by atoms with Gasteiger partial charge in [-0.15, -0.1) is 0 Å². The van der Waals surface area contributed by atoms with E-state index in [1.54, 1.807) is 20.8 Å². The summed E-state index contributed by atoms with van der Waals surface area (Å²) in [5.41, 5.74) is 5.29. The van der Waals surface area contributed by atoms with Crippen molar-refractivity contribution in [1.82, 2.24) is 5.32 Å². The molecule has 0 aliphatic carbocycles. The number of carbonyl (C=O) groups excluding carboxylic acids is 2. The quantitative estimate of drug-likeness (QED) is 0.198. The van der Waals surface area contributed by atoms with Crippen molar-refractivity contribution in [2.75, 3.05) is 13.7 Å². The van der Waals surface area contributed by atoms with Gasteiger partial charge < -0.3 is 23.9 Å². The van der Waals surface area contributed by atoms with E-state index >= 15 is 0 Å². The van der Waals surface area contributed by atoms with E-state index in [0.717, 1.165) is 44.2 Å². The lowest BCUT2D eigenvalue weighted by Gasteiger charge is -2.22. The first-order valence-corrected chi connectivity index (χ1v) is 13.5. The summed E-state index contributed by atoms with van der Waals surface area (Å²) in [6.45, 7) is 5.46. The van der Waals surface area contributed by atoms with E-state index in [4.69, 9.17) is 18.6 Å². The lowest BCUT2D eigenvalue weighted by Crippen LogP contribution is -2.44. The minimum absolute atomic E-state index is 0.200. The average molecular weight is 552 g/mol. The van der Waals surface area contributed by atoms with Crippen LogP contribution in [0.2, 0.25) is 0 Å². The van der Waals surface area contributed by atoms with Crippen molar-refractivity contribution in [3.05, 3.63) is 91.0 Å². The highest BCUT2D eigenvalue weighted by atomic mass is 16.6. The van der Waals surface area contributed by atoms with Crippen molar-refractivity contribution in [3.8, 4) is 28.0 Å². The summed E-state index contributed by atoms with van der Waals surface area (Å²) in [5, 5.41) is 4.76. The SMILES string of the molecule is COC(=O)C(CCOc1ccc(-c2cccc(-c3cccc4c3oc3ccccc34)c2)cc1)NC(=O)OC(C)(C)C. The van der Waals surface area contributed by atoms with E-state index in [1.807, 2.05) is 48.5 Å². The first-order valence-electron chi connectivity index (χ1n) is 13.5. The monoisotopic (exact) mass is 551 g/mol. The number of hydrogen-bond acceptors (Lipinski definition) is 6. The second-order valence-corrected chi connectivity index (χ2v) is 10.7. The molecule has 7 nitrogen and oxygen atoms in total. The summed E-state index contributed by atoms with van der Waals surface area (Å²) in [4.78, 5) is 24.3. The molecule has 0 spiro atoms. The first-order chi connectivity index (χ1) is 19.7. The minimum atomic E-state index is -0.881. The lowest BCUT2D eigenvalue weighted by molar-refractivity contribution is -0.143. The molecule has 0 radical (unpaired) electrons. The van der Waals surface area contributed by atoms with Crippen molar-refractivity contribution >= 4 is 34.0 Å². The number of hydrogen-bond donors (Lipinski definition) is 1. The van der Waals surface area contributed by atoms with Gasteiger partial charge in [0.05, 0.1) is 13.7 Å². The number of ether oxygens (including phenoxy) is 3. The molecule has 210 valence electrons. The molecular weight excluding hydrogens is 518 g/mol. The predicted molar refractivity (Wildman–Crippen MR) is 160 cm³/mol. The number of fused-ring (bicyclic) bond motifs is 3. The Balaban J connectivity index is 1.27. The smallest absolute Gasteiger partial charge is 0.408 e. The summed E-state index contributed by atoms with van der Waals surface area (Å²) in [5.74, 6) is 0.0888. The van der Waals surface area contributed by atoms with E-state index in [1.165, 1.54) is 7.11 Å². The number of carbonyl (C=O) groups is 2. The van der Waals surface area contributed by atoms with Crippen molar-refractivity contribution in [1.29, 1.82) is 0 Å². The zero-order valence-corrected chi connectivity index (χ0v) is 23.6. The van der Waals surface area contributed by atoms with Gasteiger partial charge in [-0.2, -0.15) is 0 Å². The van der Waals surface area contributed by atoms with Gasteiger partial charge in [-0.05, 0) is 61.7 Å². The van der Waals surface area contributed by atoms with Gasteiger partial charge in [-0.3, -0.25) is 0 Å². The second kappa shape index (κ2) is 11.8. The fraction of sp³-hybridized carbons (Fsp3) is 0.235. The van der Waals surface area contributed by atoms with Crippen LogP contribution in [0.25, 0.3) is 44.2 Å². The average Bonchev–Trinajstić information content (AvgIpc) is 3.35. The third-order valence-corrected chi connectivity index (χ3v) is 6.62. The van der Waals surface area contributed by atoms with Gasteiger partial charge in [0.2, 0.25) is 0 Å². The third kappa shape index (κ3) is 6.52. The van der Waals surface area contributed by atoms with Crippen LogP contribution in [0.1, 0.15) is 27.2 Å². The van der Waals surface area contributed by atoms with Crippen molar-refractivity contribution < 1.29 is 28.2 Å². The Morgan fingerprint density at radius 2 is 1.54 bits per heavy atom. The number of nitrogens with one attached hydrogen (secondary N) is 1. The molecule has 5 aromatic rings. The molecule has 0 fully saturated rings. The molecule has 1 N–H and O–H groups in total. The number of amides is 1. The molecule has 1 unspecified atom stereocenters. The van der Waals surface area contributed by atoms with Crippen LogP contribution in [-0.2, 0) is 14.3 Å². The molecule has 0 aliphatic heterocycles. The molecule has 0 saturated carbocycles. The molecule has 1 amide bonds. The van der Waals surface area contributed by atoms with Crippen LogP contribution in [0.4, 0.5) is 4.79 Å². The number of esters is 1. The van der Waals surface area contributed by atoms with Gasteiger partial charge >= 0.3 is 12.1 Å². The number of rotatable bonds is 8. The topological polar surface area (TPSA) is 87.0 Å². The number of benzene rings is 4. The van der Waals surface area contributed by atoms with Gasteiger partial charge in [0, 0.05) is 22.8 Å². The van der Waals surface area contributed by atoms with Crippen LogP contribution in [0.15, 0.2) is 95.4 Å². The number of para-hydroxylation sites is 2. The van der Waals surface area contributed by atoms with E-state index < -0.39 is 23.7 Å². The summed E-state index contributed by atoms with van der Waals surface area (Å²) in [7, 11) is 1.28. The van der Waals surface area contributed by atoms with Crippen molar-refractivity contribution in [3.63, 3.8) is 0 Å². The lowest BCUT2D eigenvalue weighted by atomic mass is 9.97. The second-order valence-electron chi connectivity index (χ2n) is 10.7. The molecule has 0 bridgehead atoms. The van der Waals surface area contributed by atoms with Crippen LogP contribution < -0.4 is 10.1 Å². The fourth-order valence-corrected chi connectivity index (χ4v) is 4.72. The molecule has 0 aliphatic rings. The highest BCUT2D eigenvalue weighted by Gasteiger charge is 2.25. The largest absolute Gasteiger partial charge is 0.494 e. The Labute approximate surface area is 239 Å². The molecule has 1 heterocycles. The summed E-state index contributed by atoms with van der Waals surface area (Å²) >= 11 is 0. The number of furan rings is 1. The molecule has 4 aromatic carbocycles. The maximum absolute atomic E-state index is 12.2. The molecule has 7 heteroatoms. The minimum Gasteiger partial charge on any atom is -0.494 e. The van der Waals surface area contributed by atoms with E-state index in [0.29, 0.717) is 5.75 Å². The summed E-state index contributed by atoms with van der Waals surface area (Å²) < 4.78 is 22.2. The zero-order chi connectivity index (χ0) is 29.0. The predicted octanol–water partition coefficient (Wildman–Crippen LogP) is 7.76. The van der Waals surface area contributed by atoms with Crippen LogP contribution in [0.3, 0.4) is 0 Å². The number of alkyl carbamates (subject to hydrolysis) is 1. The van der Waals surface area contributed by atoms with E-state index in [2.05, 4.69) is 47.8 Å².